The minimum atomic E-state index is -0.172. The smallest absolute Gasteiger partial charge is 0.320 e. The van der Waals surface area contributed by atoms with Crippen LogP contribution in [-0.4, -0.2) is 92.0 Å². The molecule has 216 valence electrons. The Morgan fingerprint density at radius 2 is 1.75 bits per heavy atom. The molecule has 40 heavy (non-hydrogen) atoms. The van der Waals surface area contributed by atoms with Crippen molar-refractivity contribution in [2.24, 2.45) is 5.92 Å². The van der Waals surface area contributed by atoms with Gasteiger partial charge >= 0.3 is 6.03 Å². The van der Waals surface area contributed by atoms with Gasteiger partial charge in [0.1, 0.15) is 0 Å². The van der Waals surface area contributed by atoms with Crippen molar-refractivity contribution in [2.75, 3.05) is 64.6 Å². The molecule has 9 heteroatoms. The molecule has 1 unspecified atom stereocenters. The number of morpholine rings is 1. The average Bonchev–Trinajstić information content (AvgIpc) is 3.46. The maximum absolute atomic E-state index is 12.9. The van der Waals surface area contributed by atoms with E-state index < -0.39 is 0 Å². The van der Waals surface area contributed by atoms with E-state index in [1.54, 1.807) is 18.2 Å². The fraction of sp³-hybridized carbons (Fsp3) is 0.548. The zero-order valence-electron chi connectivity index (χ0n) is 23.8. The zero-order valence-corrected chi connectivity index (χ0v) is 23.8. The van der Waals surface area contributed by atoms with Crippen LogP contribution in [0.4, 0.5) is 10.5 Å². The van der Waals surface area contributed by atoms with Gasteiger partial charge in [-0.2, -0.15) is 0 Å². The molecule has 2 aromatic carbocycles. The number of nitrogens with one attached hydrogen (secondary N) is 1. The topological polar surface area (TPSA) is 83.6 Å². The quantitative estimate of drug-likeness (QED) is 0.496. The van der Waals surface area contributed by atoms with Crippen molar-refractivity contribution in [3.8, 4) is 11.5 Å². The van der Waals surface area contributed by atoms with Crippen LogP contribution in [0, 0.1) is 5.92 Å². The minimum Gasteiger partial charge on any atom is -0.454 e. The number of hydrogen-bond acceptors (Lipinski definition) is 6. The molecule has 3 aliphatic heterocycles. The van der Waals surface area contributed by atoms with Crippen molar-refractivity contribution in [3.05, 3.63) is 53.6 Å². The number of piperidine rings is 1. The predicted molar refractivity (Wildman–Crippen MR) is 154 cm³/mol. The molecule has 5 rings (SSSR count). The molecule has 0 aromatic heterocycles. The van der Waals surface area contributed by atoms with Crippen LogP contribution in [0.2, 0.25) is 0 Å². The number of amides is 3. The van der Waals surface area contributed by atoms with Gasteiger partial charge in [-0.1, -0.05) is 19.1 Å². The molecular formula is C31H42N4O5. The van der Waals surface area contributed by atoms with Gasteiger partial charge in [-0.3, -0.25) is 4.79 Å². The second-order valence-electron chi connectivity index (χ2n) is 11.1. The minimum absolute atomic E-state index is 0.172. The van der Waals surface area contributed by atoms with Crippen LogP contribution in [0.3, 0.4) is 0 Å². The standard InChI is InChI=1S/C31H42N4O5/c1-3-11-35(21-24-9-12-33(13-10-24)31(37)34-14-16-38-17-15-34)23(2)18-25-5-4-6-27(19-25)32-30(36)26-7-8-28-29(20-26)40-22-39-28/h4-8,19-20,23-24H,3,9-18,21-22H2,1-2H3,(H,32,36). The molecule has 3 aliphatic rings. The number of carbonyl (C=O) groups excluding carboxylic acids is 2. The maximum Gasteiger partial charge on any atom is 0.320 e. The molecule has 2 saturated heterocycles. The van der Waals surface area contributed by atoms with Crippen molar-refractivity contribution >= 4 is 17.6 Å². The van der Waals surface area contributed by atoms with E-state index in [1.807, 2.05) is 21.9 Å². The Morgan fingerprint density at radius 3 is 2.52 bits per heavy atom. The van der Waals surface area contributed by atoms with Gasteiger partial charge in [0.15, 0.2) is 11.5 Å². The summed E-state index contributed by atoms with van der Waals surface area (Å²) in [4.78, 5) is 32.3. The van der Waals surface area contributed by atoms with Crippen molar-refractivity contribution in [1.82, 2.24) is 14.7 Å². The first-order valence-electron chi connectivity index (χ1n) is 14.7. The van der Waals surface area contributed by atoms with E-state index in [1.165, 1.54) is 5.56 Å². The lowest BCUT2D eigenvalue weighted by Crippen LogP contribution is -2.51. The third kappa shape index (κ3) is 7.06. The Bertz CT molecular complexity index is 1160. The van der Waals surface area contributed by atoms with Crippen LogP contribution in [0.5, 0.6) is 11.5 Å². The first kappa shape index (κ1) is 28.2. The molecule has 0 bridgehead atoms. The van der Waals surface area contributed by atoms with E-state index in [-0.39, 0.29) is 18.7 Å². The summed E-state index contributed by atoms with van der Waals surface area (Å²) < 4.78 is 16.2. The molecule has 1 atom stereocenters. The Kier molecular flexibility index (Phi) is 9.44. The van der Waals surface area contributed by atoms with E-state index in [0.717, 1.165) is 57.5 Å². The Hall–Kier alpha value is -3.30. The summed E-state index contributed by atoms with van der Waals surface area (Å²) in [6.45, 7) is 11.2. The van der Waals surface area contributed by atoms with Crippen LogP contribution in [0.15, 0.2) is 42.5 Å². The number of rotatable bonds is 9. The highest BCUT2D eigenvalue weighted by atomic mass is 16.7. The molecule has 1 N–H and O–H groups in total. The highest BCUT2D eigenvalue weighted by molar-refractivity contribution is 6.04. The number of benzene rings is 2. The maximum atomic E-state index is 12.9. The molecule has 3 amide bonds. The first-order chi connectivity index (χ1) is 19.5. The number of fused-ring (bicyclic) bond motifs is 1. The van der Waals surface area contributed by atoms with E-state index in [4.69, 9.17) is 14.2 Å². The van der Waals surface area contributed by atoms with Gasteiger partial charge in [0, 0.05) is 50.0 Å². The van der Waals surface area contributed by atoms with Crippen LogP contribution in [-0.2, 0) is 11.2 Å². The Balaban J connectivity index is 1.13. The van der Waals surface area contributed by atoms with Gasteiger partial charge in [0.2, 0.25) is 6.79 Å². The van der Waals surface area contributed by atoms with Crippen molar-refractivity contribution in [3.63, 3.8) is 0 Å². The third-order valence-electron chi connectivity index (χ3n) is 8.14. The SMILES string of the molecule is CCCN(CC1CCN(C(=O)N2CCOCC2)CC1)C(C)Cc1cccc(NC(=O)c2ccc3c(c2)OCO3)c1. The number of likely N-dealkylation sites (tertiary alicyclic amines) is 1. The summed E-state index contributed by atoms with van der Waals surface area (Å²) in [5.41, 5.74) is 2.52. The number of urea groups is 1. The summed E-state index contributed by atoms with van der Waals surface area (Å²) in [6, 6.07) is 13.9. The number of nitrogens with zero attached hydrogens (tertiary/aromatic N) is 3. The van der Waals surface area contributed by atoms with Crippen molar-refractivity contribution in [1.29, 1.82) is 0 Å². The van der Waals surface area contributed by atoms with E-state index >= 15 is 0 Å². The molecule has 0 radical (unpaired) electrons. The summed E-state index contributed by atoms with van der Waals surface area (Å²) in [5.74, 6) is 1.68. The van der Waals surface area contributed by atoms with Gasteiger partial charge in [0.05, 0.1) is 13.2 Å². The Labute approximate surface area is 237 Å². The fourth-order valence-electron chi connectivity index (χ4n) is 5.86. The number of ether oxygens (including phenoxy) is 3. The third-order valence-corrected chi connectivity index (χ3v) is 8.14. The normalized spacial score (nSPS) is 18.2. The molecule has 0 aliphatic carbocycles. The van der Waals surface area contributed by atoms with Gasteiger partial charge in [-0.05, 0) is 81.0 Å². The lowest BCUT2D eigenvalue weighted by Gasteiger charge is -2.39. The summed E-state index contributed by atoms with van der Waals surface area (Å²) in [7, 11) is 0. The zero-order chi connectivity index (χ0) is 27.9. The molecular weight excluding hydrogens is 508 g/mol. The van der Waals surface area contributed by atoms with Crippen LogP contribution in [0.25, 0.3) is 0 Å². The Morgan fingerprint density at radius 1 is 1.00 bits per heavy atom. The predicted octanol–water partition coefficient (Wildman–Crippen LogP) is 4.47. The average molecular weight is 551 g/mol. The van der Waals surface area contributed by atoms with Gasteiger partial charge in [-0.25, -0.2) is 4.79 Å². The van der Waals surface area contributed by atoms with E-state index in [9.17, 15) is 9.59 Å². The lowest BCUT2D eigenvalue weighted by atomic mass is 9.95. The molecule has 3 heterocycles. The molecule has 2 fully saturated rings. The van der Waals surface area contributed by atoms with E-state index in [2.05, 4.69) is 36.2 Å². The van der Waals surface area contributed by atoms with Gasteiger partial charge in [-0.15, -0.1) is 0 Å². The number of carbonyl (C=O) groups is 2. The summed E-state index contributed by atoms with van der Waals surface area (Å²) >= 11 is 0. The molecule has 9 nitrogen and oxygen atoms in total. The highest BCUT2D eigenvalue weighted by Gasteiger charge is 2.29. The lowest BCUT2D eigenvalue weighted by molar-refractivity contribution is 0.0386. The summed E-state index contributed by atoms with van der Waals surface area (Å²) in [6.07, 6.45) is 4.10. The summed E-state index contributed by atoms with van der Waals surface area (Å²) in [5, 5.41) is 3.03. The largest absolute Gasteiger partial charge is 0.454 e. The second-order valence-corrected chi connectivity index (χ2v) is 11.1. The number of hydrogen-bond donors (Lipinski definition) is 1. The fourth-order valence-corrected chi connectivity index (χ4v) is 5.86. The van der Waals surface area contributed by atoms with Crippen LogP contribution in [0.1, 0.15) is 49.0 Å². The van der Waals surface area contributed by atoms with Crippen LogP contribution >= 0.6 is 0 Å². The van der Waals surface area contributed by atoms with Gasteiger partial charge in [0.25, 0.3) is 5.91 Å². The van der Waals surface area contributed by atoms with Crippen LogP contribution < -0.4 is 14.8 Å². The first-order valence-corrected chi connectivity index (χ1v) is 14.7. The second kappa shape index (κ2) is 13.4. The van der Waals surface area contributed by atoms with Crippen molar-refractivity contribution in [2.45, 2.75) is 45.6 Å². The van der Waals surface area contributed by atoms with E-state index in [0.29, 0.717) is 55.3 Å². The molecule has 0 spiro atoms. The number of anilines is 1. The highest BCUT2D eigenvalue weighted by Crippen LogP contribution is 2.32. The van der Waals surface area contributed by atoms with Gasteiger partial charge < -0.3 is 34.2 Å². The molecule has 0 saturated carbocycles. The monoisotopic (exact) mass is 550 g/mol. The molecule has 2 aromatic rings. The van der Waals surface area contributed by atoms with Crippen molar-refractivity contribution < 1.29 is 23.8 Å².